The molecule has 0 bridgehead atoms. The summed E-state index contributed by atoms with van der Waals surface area (Å²) in [6.45, 7) is 11.4. The normalized spacial score (nSPS) is 14.2. The van der Waals surface area contributed by atoms with E-state index >= 15 is 0 Å². The third-order valence-corrected chi connectivity index (χ3v) is 7.42. The Morgan fingerprint density at radius 2 is 1.42 bits per heavy atom. The average Bonchev–Trinajstić information content (AvgIpc) is 2.83. The van der Waals surface area contributed by atoms with Crippen molar-refractivity contribution in [2.45, 2.75) is 56.1 Å². The lowest BCUT2D eigenvalue weighted by Gasteiger charge is -2.40. The van der Waals surface area contributed by atoms with Crippen LogP contribution in [0.1, 0.15) is 34.6 Å². The lowest BCUT2D eigenvalue weighted by Crippen LogP contribution is -3.00. The Balaban J connectivity index is 0.00000507. The van der Waals surface area contributed by atoms with Crippen molar-refractivity contribution in [1.82, 2.24) is 10.6 Å². The van der Waals surface area contributed by atoms with E-state index in [-0.39, 0.29) is 31.1 Å². The van der Waals surface area contributed by atoms with Gasteiger partial charge in [-0.25, -0.2) is 9.59 Å². The Bertz CT molecular complexity index is 1050. The van der Waals surface area contributed by atoms with Crippen molar-refractivity contribution >= 4 is 35.3 Å². The topological polar surface area (TPSA) is 79.9 Å². The maximum atomic E-state index is 12.4. The summed E-state index contributed by atoms with van der Waals surface area (Å²) in [5.41, 5.74) is 1.86. The van der Waals surface area contributed by atoms with Crippen LogP contribution >= 0.6 is 11.8 Å². The second-order valence-corrected chi connectivity index (χ2v) is 12.3. The third-order valence-electron chi connectivity index (χ3n) is 6.29. The van der Waals surface area contributed by atoms with E-state index in [4.69, 9.17) is 9.47 Å². The Kier molecular flexibility index (Phi) is 11.2. The summed E-state index contributed by atoms with van der Waals surface area (Å²) in [7, 11) is 4.14. The number of nitrogens with one attached hydrogen (secondary N) is 2. The SMILES string of the molecule is CC(CNC(=O)OC[N+](C)(C)C(C)CN1c2ccccc2Sc2ccccc21)CNC(=O)OC(C)(C)C.[Cl-]. The van der Waals surface area contributed by atoms with Gasteiger partial charge in [-0.2, -0.15) is 0 Å². The predicted octanol–water partition coefficient (Wildman–Crippen LogP) is 2.60. The lowest BCUT2D eigenvalue weighted by atomic mass is 10.1. The molecule has 2 aromatic rings. The molecule has 0 saturated carbocycles. The highest BCUT2D eigenvalue weighted by molar-refractivity contribution is 7.99. The maximum absolute atomic E-state index is 12.4. The lowest BCUT2D eigenvalue weighted by molar-refractivity contribution is -0.927. The van der Waals surface area contributed by atoms with Crippen molar-refractivity contribution in [3.05, 3.63) is 48.5 Å². The van der Waals surface area contributed by atoms with Crippen LogP contribution in [0, 0.1) is 5.92 Å². The molecule has 0 saturated heterocycles. The third kappa shape index (κ3) is 8.99. The smallest absolute Gasteiger partial charge is 0.411 e. The molecule has 38 heavy (non-hydrogen) atoms. The molecule has 1 heterocycles. The first kappa shape index (κ1) is 31.6. The van der Waals surface area contributed by atoms with Crippen LogP contribution in [0.5, 0.6) is 0 Å². The summed E-state index contributed by atoms with van der Waals surface area (Å²) >= 11 is 1.80. The van der Waals surface area contributed by atoms with Crippen LogP contribution in [-0.4, -0.2) is 68.8 Å². The Hall–Kier alpha value is -2.62. The zero-order valence-electron chi connectivity index (χ0n) is 23.4. The summed E-state index contributed by atoms with van der Waals surface area (Å²) < 4.78 is 11.3. The van der Waals surface area contributed by atoms with Gasteiger partial charge in [0.2, 0.25) is 6.73 Å². The summed E-state index contributed by atoms with van der Waals surface area (Å²) in [5, 5.41) is 5.52. The summed E-state index contributed by atoms with van der Waals surface area (Å²) in [6, 6.07) is 17.1. The van der Waals surface area contributed by atoms with Gasteiger partial charge in [-0.3, -0.25) is 4.48 Å². The van der Waals surface area contributed by atoms with Crippen molar-refractivity contribution in [2.75, 3.05) is 45.4 Å². The number of hydrogen-bond donors (Lipinski definition) is 2. The number of ether oxygens (including phenoxy) is 2. The van der Waals surface area contributed by atoms with Gasteiger partial charge in [-0.05, 0) is 57.9 Å². The maximum Gasteiger partial charge on any atom is 0.411 e. The van der Waals surface area contributed by atoms with E-state index in [2.05, 4.69) is 85.1 Å². The molecule has 0 aliphatic carbocycles. The fraction of sp³-hybridized carbons (Fsp3) is 0.500. The minimum absolute atomic E-state index is 0. The standard InChI is InChI=1S/C28H40N4O4S.ClH/c1-20(17-30-27(34)36-28(3,4)5)16-29-26(33)35-19-32(6,7)21(2)18-31-22-12-8-10-14-24(22)37-25-15-11-9-13-23(25)31;/h8-15,20-21H,16-19H2,1-7H3,(H-,29,30,33,34);1H. The molecule has 10 heteroatoms. The summed E-state index contributed by atoms with van der Waals surface area (Å²) in [4.78, 5) is 29.0. The summed E-state index contributed by atoms with van der Waals surface area (Å²) in [5.74, 6) is 0.0265. The van der Waals surface area contributed by atoms with E-state index in [1.165, 1.54) is 21.2 Å². The molecule has 1 aliphatic rings. The first-order chi connectivity index (χ1) is 17.4. The molecule has 2 unspecified atom stereocenters. The van der Waals surface area contributed by atoms with Crippen LogP contribution in [0.25, 0.3) is 0 Å². The van der Waals surface area contributed by atoms with Crippen LogP contribution in [0.15, 0.2) is 58.3 Å². The predicted molar refractivity (Wildman–Crippen MR) is 148 cm³/mol. The van der Waals surface area contributed by atoms with E-state index in [1.54, 1.807) is 11.8 Å². The number of benzene rings is 2. The second kappa shape index (κ2) is 13.4. The highest BCUT2D eigenvalue weighted by atomic mass is 35.5. The number of halogens is 1. The van der Waals surface area contributed by atoms with Gasteiger partial charge in [-0.1, -0.05) is 43.0 Å². The largest absolute Gasteiger partial charge is 1.00 e. The highest BCUT2D eigenvalue weighted by Gasteiger charge is 2.31. The monoisotopic (exact) mass is 564 g/mol. The molecule has 3 rings (SSSR count). The first-order valence-electron chi connectivity index (χ1n) is 12.7. The minimum Gasteiger partial charge on any atom is -1.00 e. The quantitative estimate of drug-likeness (QED) is 0.360. The molecule has 210 valence electrons. The first-order valence-corrected chi connectivity index (χ1v) is 13.5. The summed E-state index contributed by atoms with van der Waals surface area (Å²) in [6.07, 6.45) is -0.930. The molecular weight excluding hydrogens is 524 g/mol. The molecule has 0 radical (unpaired) electrons. The van der Waals surface area contributed by atoms with Crippen LogP contribution in [0.3, 0.4) is 0 Å². The molecular formula is C28H41ClN4O4S. The van der Waals surface area contributed by atoms with Crippen molar-refractivity contribution in [1.29, 1.82) is 0 Å². The number of para-hydroxylation sites is 2. The van der Waals surface area contributed by atoms with Gasteiger partial charge in [0.25, 0.3) is 0 Å². The van der Waals surface area contributed by atoms with Gasteiger partial charge >= 0.3 is 12.2 Å². The molecule has 1 aliphatic heterocycles. The number of carbonyl (C=O) groups excluding carboxylic acids is 2. The van der Waals surface area contributed by atoms with E-state index in [1.807, 2.05) is 27.7 Å². The molecule has 2 aromatic carbocycles. The fourth-order valence-electron chi connectivity index (χ4n) is 3.77. The van der Waals surface area contributed by atoms with Gasteiger partial charge in [0.05, 0.1) is 32.0 Å². The van der Waals surface area contributed by atoms with Crippen molar-refractivity contribution in [3.63, 3.8) is 0 Å². The molecule has 2 atom stereocenters. The zero-order valence-corrected chi connectivity index (χ0v) is 25.0. The number of quaternary nitrogens is 1. The number of rotatable bonds is 9. The molecule has 0 fully saturated rings. The molecule has 2 amide bonds. The molecule has 8 nitrogen and oxygen atoms in total. The van der Waals surface area contributed by atoms with E-state index in [0.717, 1.165) is 6.54 Å². The molecule has 0 aromatic heterocycles. The number of amides is 2. The van der Waals surface area contributed by atoms with Gasteiger partial charge in [0, 0.05) is 22.9 Å². The number of carbonyl (C=O) groups is 2. The second-order valence-electron chi connectivity index (χ2n) is 11.2. The fourth-order valence-corrected chi connectivity index (χ4v) is 4.86. The average molecular weight is 565 g/mol. The Labute approximate surface area is 237 Å². The van der Waals surface area contributed by atoms with Gasteiger partial charge in [-0.15, -0.1) is 0 Å². The van der Waals surface area contributed by atoms with E-state index in [9.17, 15) is 9.59 Å². The Morgan fingerprint density at radius 1 is 0.921 bits per heavy atom. The number of alkyl carbamates (subject to hydrolysis) is 2. The van der Waals surface area contributed by atoms with Gasteiger partial charge < -0.3 is 37.4 Å². The number of anilines is 2. The van der Waals surface area contributed by atoms with Crippen LogP contribution in [-0.2, 0) is 9.47 Å². The van der Waals surface area contributed by atoms with Gasteiger partial charge in [0.1, 0.15) is 11.6 Å². The van der Waals surface area contributed by atoms with Crippen LogP contribution in [0.2, 0.25) is 0 Å². The number of nitrogens with zero attached hydrogens (tertiary/aromatic N) is 2. The zero-order chi connectivity index (χ0) is 27.2. The van der Waals surface area contributed by atoms with Crippen molar-refractivity contribution in [3.8, 4) is 0 Å². The van der Waals surface area contributed by atoms with Crippen LogP contribution in [0.4, 0.5) is 21.0 Å². The van der Waals surface area contributed by atoms with E-state index < -0.39 is 17.8 Å². The number of fused-ring (bicyclic) bond motifs is 2. The van der Waals surface area contributed by atoms with Crippen LogP contribution < -0.4 is 27.9 Å². The van der Waals surface area contributed by atoms with Gasteiger partial charge in [0.15, 0.2) is 0 Å². The van der Waals surface area contributed by atoms with E-state index in [0.29, 0.717) is 17.6 Å². The molecule has 2 N–H and O–H groups in total. The minimum atomic E-state index is -0.544. The number of likely N-dealkylation sites (N-methyl/N-ethyl adjacent to an activating group) is 1. The molecule has 0 spiro atoms. The Morgan fingerprint density at radius 3 is 1.95 bits per heavy atom. The van der Waals surface area contributed by atoms with Crippen molar-refractivity contribution in [2.24, 2.45) is 5.92 Å². The number of hydrogen-bond acceptors (Lipinski definition) is 6. The highest BCUT2D eigenvalue weighted by Crippen LogP contribution is 2.47. The van der Waals surface area contributed by atoms with Crippen molar-refractivity contribution < 1.29 is 36.0 Å².